The maximum atomic E-state index is 13.4. The molecule has 5 heteroatoms. The normalized spacial score (nSPS) is 15.5. The molecular formula is C35H46O4S. The van der Waals surface area contributed by atoms with Crippen molar-refractivity contribution < 1.29 is 17.4 Å². The third-order valence-electron chi connectivity index (χ3n) is 7.01. The number of ketones is 1. The van der Waals surface area contributed by atoms with Crippen LogP contribution in [0.4, 0.5) is 0 Å². The summed E-state index contributed by atoms with van der Waals surface area (Å²) in [6.45, 7) is 24.7. The molecule has 0 fully saturated rings. The minimum Gasteiger partial charge on any atom is -0.378 e. The van der Waals surface area contributed by atoms with Crippen molar-refractivity contribution in [3.05, 3.63) is 88.0 Å². The second kappa shape index (κ2) is 10.5. The van der Waals surface area contributed by atoms with Crippen LogP contribution < -0.4 is 4.18 Å². The first-order chi connectivity index (χ1) is 18.0. The summed E-state index contributed by atoms with van der Waals surface area (Å²) in [6, 6.07) is 12.3. The Kier molecular flexibility index (Phi) is 8.28. The Morgan fingerprint density at radius 3 is 1.45 bits per heavy atom. The van der Waals surface area contributed by atoms with Gasteiger partial charge in [-0.2, -0.15) is 8.42 Å². The third-order valence-corrected chi connectivity index (χ3v) is 8.25. The Morgan fingerprint density at radius 2 is 1.07 bits per heavy atom. The zero-order valence-electron chi connectivity index (χ0n) is 26.3. The molecule has 1 aliphatic rings. The summed E-state index contributed by atoms with van der Waals surface area (Å²) in [6.07, 6.45) is 6.08. The zero-order valence-corrected chi connectivity index (χ0v) is 27.1. The van der Waals surface area contributed by atoms with Crippen molar-refractivity contribution in [2.45, 2.75) is 98.8 Å². The molecule has 1 aliphatic carbocycles. The second-order valence-electron chi connectivity index (χ2n) is 14.9. The van der Waals surface area contributed by atoms with E-state index in [0.717, 1.165) is 33.4 Å². The van der Waals surface area contributed by atoms with Crippen molar-refractivity contribution in [1.82, 2.24) is 0 Å². The first-order valence-corrected chi connectivity index (χ1v) is 15.3. The number of carbonyl (C=O) groups is 1. The SMILES string of the molecule is CC(C)(C)C1=CC(=Cc2cc(C(C)(C)C)c(OS(=O)(=O)c3ccccc3)c(C(C)(C)C)c2)C=C(C(C)(C)C)C1=O. The molecule has 0 radical (unpaired) electrons. The zero-order chi connectivity index (χ0) is 30.5. The van der Waals surface area contributed by atoms with Crippen LogP contribution in [0, 0.1) is 10.8 Å². The molecule has 0 aromatic heterocycles. The summed E-state index contributed by atoms with van der Waals surface area (Å²) in [5.74, 6) is 0.472. The maximum Gasteiger partial charge on any atom is 0.339 e. The molecule has 216 valence electrons. The number of carbonyl (C=O) groups excluding carboxylic acids is 1. The van der Waals surface area contributed by atoms with Crippen molar-refractivity contribution in [3.8, 4) is 5.75 Å². The van der Waals surface area contributed by atoms with Crippen molar-refractivity contribution in [2.24, 2.45) is 10.8 Å². The van der Waals surface area contributed by atoms with E-state index in [9.17, 15) is 13.2 Å². The number of allylic oxidation sites excluding steroid dienone is 5. The summed E-state index contributed by atoms with van der Waals surface area (Å²) >= 11 is 0. The minimum absolute atomic E-state index is 0.0952. The molecule has 40 heavy (non-hydrogen) atoms. The molecule has 3 rings (SSSR count). The van der Waals surface area contributed by atoms with Crippen LogP contribution in [0.25, 0.3) is 6.08 Å². The standard InChI is InChI=1S/C35H46O4S/c1-32(2,3)26-19-23(20-27(30(26)36)33(4,5)6)18-24-21-28(34(7,8)9)31(29(22-24)35(10,11)12)39-40(37,38)25-16-14-13-15-17-25/h13-22H,1-12H3. The van der Waals surface area contributed by atoms with Gasteiger partial charge >= 0.3 is 10.1 Å². The Bertz CT molecular complexity index is 1420. The van der Waals surface area contributed by atoms with E-state index in [4.69, 9.17) is 4.18 Å². The molecule has 2 aromatic carbocycles. The lowest BCUT2D eigenvalue weighted by molar-refractivity contribution is -0.114. The molecule has 0 bridgehead atoms. The van der Waals surface area contributed by atoms with Crippen LogP contribution in [0.3, 0.4) is 0 Å². The lowest BCUT2D eigenvalue weighted by atomic mass is 9.71. The van der Waals surface area contributed by atoms with Gasteiger partial charge in [-0.15, -0.1) is 0 Å². The molecule has 0 heterocycles. The predicted molar refractivity (Wildman–Crippen MR) is 166 cm³/mol. The van der Waals surface area contributed by atoms with Gasteiger partial charge in [-0.05, 0) is 75.3 Å². The van der Waals surface area contributed by atoms with E-state index in [1.165, 1.54) is 0 Å². The topological polar surface area (TPSA) is 60.4 Å². The molecule has 2 aromatic rings. The first-order valence-electron chi connectivity index (χ1n) is 13.9. The first kappa shape index (κ1) is 31.6. The van der Waals surface area contributed by atoms with Crippen molar-refractivity contribution >= 4 is 22.0 Å². The Labute approximate surface area is 242 Å². The van der Waals surface area contributed by atoms with E-state index >= 15 is 0 Å². The van der Waals surface area contributed by atoms with Crippen molar-refractivity contribution in [1.29, 1.82) is 0 Å². The molecule has 0 N–H and O–H groups in total. The van der Waals surface area contributed by atoms with Gasteiger partial charge in [-0.3, -0.25) is 4.79 Å². The second-order valence-corrected chi connectivity index (χ2v) is 16.4. The van der Waals surface area contributed by atoms with Crippen LogP contribution in [-0.2, 0) is 25.7 Å². The number of hydrogen-bond donors (Lipinski definition) is 0. The quantitative estimate of drug-likeness (QED) is 0.349. The fourth-order valence-electron chi connectivity index (χ4n) is 4.72. The Morgan fingerprint density at radius 1 is 0.650 bits per heavy atom. The molecule has 0 saturated carbocycles. The van der Waals surface area contributed by atoms with Crippen molar-refractivity contribution in [3.63, 3.8) is 0 Å². The van der Waals surface area contributed by atoms with Crippen LogP contribution in [-0.4, -0.2) is 14.2 Å². The molecule has 0 atom stereocenters. The molecule has 0 spiro atoms. The summed E-state index contributed by atoms with van der Waals surface area (Å²) in [5, 5.41) is 0. The highest BCUT2D eigenvalue weighted by atomic mass is 32.2. The van der Waals surface area contributed by atoms with E-state index in [-0.39, 0.29) is 21.5 Å². The maximum absolute atomic E-state index is 13.4. The highest BCUT2D eigenvalue weighted by Gasteiger charge is 2.35. The summed E-state index contributed by atoms with van der Waals surface area (Å²) in [7, 11) is -4.04. The van der Waals surface area contributed by atoms with Crippen LogP contribution in [0.15, 0.2) is 76.2 Å². The van der Waals surface area contributed by atoms with Gasteiger partial charge in [0.15, 0.2) is 5.78 Å². The van der Waals surface area contributed by atoms with Gasteiger partial charge in [-0.1, -0.05) is 101 Å². The van der Waals surface area contributed by atoms with Crippen LogP contribution in [0.1, 0.15) is 99.8 Å². The lowest BCUT2D eigenvalue weighted by Gasteiger charge is -2.31. The van der Waals surface area contributed by atoms with Gasteiger partial charge in [0, 0.05) is 22.3 Å². The van der Waals surface area contributed by atoms with E-state index in [0.29, 0.717) is 5.75 Å². The summed E-state index contributed by atoms with van der Waals surface area (Å²) in [5.41, 5.74) is 3.62. The van der Waals surface area contributed by atoms with E-state index in [2.05, 4.69) is 89.2 Å². The fraction of sp³-hybridized carbons (Fsp3) is 0.457. The van der Waals surface area contributed by atoms with Gasteiger partial charge in [0.25, 0.3) is 0 Å². The van der Waals surface area contributed by atoms with E-state index in [1.807, 2.05) is 24.3 Å². The van der Waals surface area contributed by atoms with Crippen LogP contribution >= 0.6 is 0 Å². The monoisotopic (exact) mass is 562 g/mol. The number of hydrogen-bond acceptors (Lipinski definition) is 4. The van der Waals surface area contributed by atoms with Crippen LogP contribution in [0.2, 0.25) is 0 Å². The Hall–Kier alpha value is -2.92. The van der Waals surface area contributed by atoms with Gasteiger partial charge < -0.3 is 4.18 Å². The van der Waals surface area contributed by atoms with Gasteiger partial charge in [-0.25, -0.2) is 0 Å². The largest absolute Gasteiger partial charge is 0.378 e. The van der Waals surface area contributed by atoms with Crippen LogP contribution in [0.5, 0.6) is 5.75 Å². The highest BCUT2D eigenvalue weighted by Crippen LogP contribution is 2.43. The highest BCUT2D eigenvalue weighted by molar-refractivity contribution is 7.87. The lowest BCUT2D eigenvalue weighted by Crippen LogP contribution is -2.27. The average molecular weight is 563 g/mol. The molecule has 0 aliphatic heterocycles. The third kappa shape index (κ3) is 7.04. The minimum atomic E-state index is -4.04. The molecular weight excluding hydrogens is 516 g/mol. The summed E-state index contributed by atoms with van der Waals surface area (Å²) in [4.78, 5) is 13.6. The van der Waals surface area contributed by atoms with Crippen molar-refractivity contribution in [2.75, 3.05) is 0 Å². The molecule has 0 saturated heterocycles. The number of benzene rings is 2. The van der Waals surface area contributed by atoms with E-state index < -0.39 is 20.9 Å². The number of rotatable bonds is 4. The van der Waals surface area contributed by atoms with Gasteiger partial charge in [0.1, 0.15) is 10.6 Å². The summed E-state index contributed by atoms with van der Waals surface area (Å²) < 4.78 is 32.7. The fourth-order valence-corrected chi connectivity index (χ4v) is 5.71. The van der Waals surface area contributed by atoms with Gasteiger partial charge in [0.2, 0.25) is 0 Å². The van der Waals surface area contributed by atoms with E-state index in [1.54, 1.807) is 30.3 Å². The Balaban J connectivity index is 2.32. The van der Waals surface area contributed by atoms with Gasteiger partial charge in [0.05, 0.1) is 0 Å². The molecule has 0 amide bonds. The molecule has 0 unspecified atom stereocenters. The average Bonchev–Trinajstić information content (AvgIpc) is 2.78. The molecule has 4 nitrogen and oxygen atoms in total. The number of Topliss-reactive ketones (excluding diaryl/α,β-unsaturated/α-hetero) is 1. The smallest absolute Gasteiger partial charge is 0.339 e. The predicted octanol–water partition coefficient (Wildman–Crippen LogP) is 8.96.